The minimum atomic E-state index is -1.04. The number of nitrogens with zero attached hydrogens (tertiary/aromatic N) is 2. The molecule has 1 unspecified atom stereocenters. The molecule has 1 aromatic heterocycles. The van der Waals surface area contributed by atoms with Crippen LogP contribution in [0.15, 0.2) is 66.2 Å². The van der Waals surface area contributed by atoms with Crippen molar-refractivity contribution in [3.05, 3.63) is 83.2 Å². The third-order valence-electron chi connectivity index (χ3n) is 6.94. The highest BCUT2D eigenvalue weighted by Crippen LogP contribution is 2.46. The standard InChI is InChI=1S/C32H31FN2O6S/c1-4-6-7-16-41-24-15-10-20(17-25(24)40-5-2)28-27(29(36)19-8-12-22(39-3)13-9-19)30(37)31(38)35(28)32-34-23-14-11-21(33)18-26(23)42-32/h8-15,17-18,28,36H,4-7,16H2,1-3H3/b29-27+. The Morgan fingerprint density at radius 3 is 2.50 bits per heavy atom. The van der Waals surface area contributed by atoms with Crippen LogP contribution in [-0.4, -0.2) is 42.1 Å². The van der Waals surface area contributed by atoms with Gasteiger partial charge in [-0.15, -0.1) is 0 Å². The summed E-state index contributed by atoms with van der Waals surface area (Å²) in [6.07, 6.45) is 2.99. The van der Waals surface area contributed by atoms with Crippen LogP contribution >= 0.6 is 11.3 Å². The Hall–Kier alpha value is -4.44. The highest BCUT2D eigenvalue weighted by molar-refractivity contribution is 7.22. The van der Waals surface area contributed by atoms with Crippen molar-refractivity contribution in [1.82, 2.24) is 4.98 Å². The Bertz CT molecular complexity index is 1650. The molecule has 0 saturated carbocycles. The second kappa shape index (κ2) is 12.6. The molecule has 10 heteroatoms. The van der Waals surface area contributed by atoms with Crippen LogP contribution in [0.5, 0.6) is 17.2 Å². The number of anilines is 1. The van der Waals surface area contributed by atoms with E-state index in [-0.39, 0.29) is 16.5 Å². The van der Waals surface area contributed by atoms with Gasteiger partial charge in [0.2, 0.25) is 0 Å². The second-order valence-corrected chi connectivity index (χ2v) is 10.7. The number of thiazole rings is 1. The van der Waals surface area contributed by atoms with Gasteiger partial charge in [-0.3, -0.25) is 14.5 Å². The van der Waals surface area contributed by atoms with E-state index in [0.29, 0.717) is 51.8 Å². The number of unbranched alkanes of at least 4 members (excludes halogenated alkanes) is 2. The van der Waals surface area contributed by atoms with Gasteiger partial charge in [-0.25, -0.2) is 9.37 Å². The first-order valence-electron chi connectivity index (χ1n) is 13.8. The van der Waals surface area contributed by atoms with Gasteiger partial charge in [-0.2, -0.15) is 0 Å². The third kappa shape index (κ3) is 5.67. The molecule has 5 rings (SSSR count). The van der Waals surface area contributed by atoms with Gasteiger partial charge in [0.05, 0.1) is 42.2 Å². The predicted octanol–water partition coefficient (Wildman–Crippen LogP) is 7.04. The summed E-state index contributed by atoms with van der Waals surface area (Å²) in [5.41, 5.74) is 1.23. The normalized spacial score (nSPS) is 16.3. The molecule has 3 aromatic carbocycles. The van der Waals surface area contributed by atoms with E-state index in [2.05, 4.69) is 11.9 Å². The highest BCUT2D eigenvalue weighted by Gasteiger charge is 2.48. The minimum Gasteiger partial charge on any atom is -0.507 e. The molecule has 1 atom stereocenters. The molecule has 8 nitrogen and oxygen atoms in total. The smallest absolute Gasteiger partial charge is 0.301 e. The summed E-state index contributed by atoms with van der Waals surface area (Å²) in [7, 11) is 1.53. The number of rotatable bonds is 11. The van der Waals surface area contributed by atoms with Crippen LogP contribution in [0.1, 0.15) is 50.3 Å². The average Bonchev–Trinajstić information content (AvgIpc) is 3.53. The number of benzene rings is 3. The van der Waals surface area contributed by atoms with Crippen LogP contribution in [0.4, 0.5) is 9.52 Å². The number of carbonyl (C=O) groups excluding carboxylic acids is 2. The lowest BCUT2D eigenvalue weighted by Crippen LogP contribution is -2.29. The van der Waals surface area contributed by atoms with Gasteiger partial charge in [0.1, 0.15) is 17.3 Å². The maximum Gasteiger partial charge on any atom is 0.301 e. The first-order chi connectivity index (χ1) is 20.4. The molecule has 1 aliphatic heterocycles. The monoisotopic (exact) mass is 590 g/mol. The molecular weight excluding hydrogens is 559 g/mol. The van der Waals surface area contributed by atoms with Crippen molar-refractivity contribution in [1.29, 1.82) is 0 Å². The van der Waals surface area contributed by atoms with Crippen molar-refractivity contribution in [2.75, 3.05) is 25.2 Å². The number of fused-ring (bicyclic) bond motifs is 1. The summed E-state index contributed by atoms with van der Waals surface area (Å²) >= 11 is 1.09. The number of Topliss-reactive ketones (excluding diaryl/α,β-unsaturated/α-hetero) is 1. The molecule has 218 valence electrons. The van der Waals surface area contributed by atoms with E-state index >= 15 is 0 Å². The van der Waals surface area contributed by atoms with Crippen LogP contribution in [0, 0.1) is 5.82 Å². The zero-order valence-corrected chi connectivity index (χ0v) is 24.4. The molecule has 4 aromatic rings. The summed E-state index contributed by atoms with van der Waals surface area (Å²) in [6, 6.07) is 14.8. The SMILES string of the molecule is CCCCCOc1ccc(C2/C(=C(\O)c3ccc(OC)cc3)C(=O)C(=O)N2c2nc3ccc(F)cc3s2)cc1OCC. The Balaban J connectivity index is 1.66. The van der Waals surface area contributed by atoms with E-state index < -0.39 is 23.5 Å². The van der Waals surface area contributed by atoms with Crippen molar-refractivity contribution in [3.8, 4) is 17.2 Å². The fourth-order valence-corrected chi connectivity index (χ4v) is 5.87. The van der Waals surface area contributed by atoms with E-state index in [1.807, 2.05) is 6.92 Å². The average molecular weight is 591 g/mol. The third-order valence-corrected chi connectivity index (χ3v) is 7.96. The molecule has 1 N–H and O–H groups in total. The Morgan fingerprint density at radius 1 is 1.00 bits per heavy atom. The van der Waals surface area contributed by atoms with Gasteiger partial charge in [-0.05, 0) is 73.5 Å². The van der Waals surface area contributed by atoms with Crippen LogP contribution < -0.4 is 19.1 Å². The summed E-state index contributed by atoms with van der Waals surface area (Å²) < 4.78 is 31.6. The van der Waals surface area contributed by atoms with Gasteiger partial charge in [-0.1, -0.05) is 37.2 Å². The number of amides is 1. The maximum atomic E-state index is 14.0. The van der Waals surface area contributed by atoms with Gasteiger partial charge in [0.15, 0.2) is 16.6 Å². The maximum absolute atomic E-state index is 14.0. The first-order valence-corrected chi connectivity index (χ1v) is 14.6. The van der Waals surface area contributed by atoms with Crippen molar-refractivity contribution >= 4 is 44.1 Å². The zero-order valence-electron chi connectivity index (χ0n) is 23.6. The van der Waals surface area contributed by atoms with Crippen LogP contribution in [0.3, 0.4) is 0 Å². The summed E-state index contributed by atoms with van der Waals surface area (Å²) in [5.74, 6) is -0.933. The van der Waals surface area contributed by atoms with Gasteiger partial charge in [0, 0.05) is 5.56 Å². The molecular formula is C32H31FN2O6S. The van der Waals surface area contributed by atoms with Crippen LogP contribution in [-0.2, 0) is 9.59 Å². The number of aliphatic hydroxyl groups excluding tert-OH is 1. The van der Waals surface area contributed by atoms with Gasteiger partial charge < -0.3 is 19.3 Å². The zero-order chi connectivity index (χ0) is 29.8. The second-order valence-electron chi connectivity index (χ2n) is 9.70. The number of aliphatic hydroxyl groups is 1. The van der Waals surface area contributed by atoms with Crippen molar-refractivity contribution in [2.24, 2.45) is 0 Å². The molecule has 2 heterocycles. The number of carbonyl (C=O) groups is 2. The largest absolute Gasteiger partial charge is 0.507 e. The number of halogens is 1. The summed E-state index contributed by atoms with van der Waals surface area (Å²) in [4.78, 5) is 33.0. The Labute approximate surface area is 247 Å². The quantitative estimate of drug-likeness (QED) is 0.0866. The van der Waals surface area contributed by atoms with E-state index in [4.69, 9.17) is 14.2 Å². The van der Waals surface area contributed by atoms with E-state index in [1.165, 1.54) is 30.2 Å². The summed E-state index contributed by atoms with van der Waals surface area (Å²) in [5, 5.41) is 11.7. The van der Waals surface area contributed by atoms with Crippen molar-refractivity contribution < 1.29 is 33.3 Å². The number of aromatic nitrogens is 1. The van der Waals surface area contributed by atoms with Crippen molar-refractivity contribution in [3.63, 3.8) is 0 Å². The number of ether oxygens (including phenoxy) is 3. The molecule has 0 bridgehead atoms. The number of hydrogen-bond acceptors (Lipinski definition) is 8. The topological polar surface area (TPSA) is 98.2 Å². The van der Waals surface area contributed by atoms with Gasteiger partial charge >= 0.3 is 5.91 Å². The predicted molar refractivity (Wildman–Crippen MR) is 160 cm³/mol. The van der Waals surface area contributed by atoms with Crippen molar-refractivity contribution in [2.45, 2.75) is 39.2 Å². The Kier molecular flexibility index (Phi) is 8.72. The lowest BCUT2D eigenvalue weighted by Gasteiger charge is -2.24. The summed E-state index contributed by atoms with van der Waals surface area (Å²) in [6.45, 7) is 4.85. The lowest BCUT2D eigenvalue weighted by molar-refractivity contribution is -0.132. The van der Waals surface area contributed by atoms with Crippen LogP contribution in [0.25, 0.3) is 16.0 Å². The van der Waals surface area contributed by atoms with E-state index in [1.54, 1.807) is 42.5 Å². The molecule has 0 aliphatic carbocycles. The molecule has 1 fully saturated rings. The number of hydrogen-bond donors (Lipinski definition) is 1. The first kappa shape index (κ1) is 29.1. The molecule has 1 saturated heterocycles. The fourth-order valence-electron chi connectivity index (χ4n) is 4.86. The molecule has 0 radical (unpaired) electrons. The highest BCUT2D eigenvalue weighted by atomic mass is 32.1. The van der Waals surface area contributed by atoms with E-state index in [9.17, 15) is 19.1 Å². The Morgan fingerprint density at radius 2 is 1.79 bits per heavy atom. The lowest BCUT2D eigenvalue weighted by atomic mass is 9.95. The number of methoxy groups -OCH3 is 1. The van der Waals surface area contributed by atoms with E-state index in [0.717, 1.165) is 30.6 Å². The number of ketones is 1. The van der Waals surface area contributed by atoms with Gasteiger partial charge in [0.25, 0.3) is 5.78 Å². The molecule has 42 heavy (non-hydrogen) atoms. The fraction of sp³-hybridized carbons (Fsp3) is 0.281. The molecule has 0 spiro atoms. The molecule has 1 aliphatic rings. The molecule has 1 amide bonds. The minimum absolute atomic E-state index is 0.102. The van der Waals surface area contributed by atoms with Crippen LogP contribution in [0.2, 0.25) is 0 Å².